The van der Waals surface area contributed by atoms with Gasteiger partial charge in [-0.05, 0) is 23.8 Å². The van der Waals surface area contributed by atoms with Gasteiger partial charge in [0.2, 0.25) is 0 Å². The molecule has 0 amide bonds. The van der Waals surface area contributed by atoms with Gasteiger partial charge in [0.25, 0.3) is 0 Å². The number of fused-ring (bicyclic) bond motifs is 1. The molecule has 17 heavy (non-hydrogen) atoms. The predicted molar refractivity (Wildman–Crippen MR) is 60.4 cm³/mol. The maximum atomic E-state index is 10.6. The van der Waals surface area contributed by atoms with E-state index in [0.717, 1.165) is 10.9 Å². The van der Waals surface area contributed by atoms with Crippen molar-refractivity contribution in [2.75, 3.05) is 0 Å². The maximum absolute atomic E-state index is 10.6. The molecule has 5 nitrogen and oxygen atoms in total. The molecule has 0 saturated carbocycles. The quantitative estimate of drug-likeness (QED) is 0.733. The zero-order valence-electron chi connectivity index (χ0n) is 8.84. The van der Waals surface area contributed by atoms with Gasteiger partial charge in [-0.2, -0.15) is 5.26 Å². The molecular formula is C12H10N2O3. The fraction of sp³-hybridized carbons (Fsp3) is 0.167. The van der Waals surface area contributed by atoms with Crippen molar-refractivity contribution in [2.45, 2.75) is 12.5 Å². The lowest BCUT2D eigenvalue weighted by Gasteiger charge is -2.03. The van der Waals surface area contributed by atoms with Crippen LogP contribution >= 0.6 is 0 Å². The highest BCUT2D eigenvalue weighted by atomic mass is 16.4. The number of nitriles is 1. The summed E-state index contributed by atoms with van der Waals surface area (Å²) in [5, 5.41) is 27.5. The van der Waals surface area contributed by atoms with Crippen LogP contribution in [0.5, 0.6) is 0 Å². The van der Waals surface area contributed by atoms with Gasteiger partial charge in [-0.15, -0.1) is 0 Å². The predicted octanol–water partition coefficient (Wildman–Crippen LogP) is 1.03. The van der Waals surface area contributed by atoms with Crippen LogP contribution in [0, 0.1) is 11.3 Å². The number of aliphatic hydroxyl groups is 1. The Morgan fingerprint density at radius 3 is 2.94 bits per heavy atom. The number of carbonyl (C=O) groups is 1. The fourth-order valence-electron chi connectivity index (χ4n) is 1.71. The second kappa shape index (κ2) is 4.28. The largest absolute Gasteiger partial charge is 0.479 e. The van der Waals surface area contributed by atoms with Crippen molar-refractivity contribution in [3.8, 4) is 6.07 Å². The SMILES string of the molecule is N#Cc1ccc2[nH]cc(C[C@H](O)C(=O)O)c2c1. The summed E-state index contributed by atoms with van der Waals surface area (Å²) in [6.45, 7) is 0. The Hall–Kier alpha value is -2.32. The number of aliphatic hydroxyl groups excluding tert-OH is 1. The molecule has 0 saturated heterocycles. The van der Waals surface area contributed by atoms with Crippen LogP contribution in [-0.4, -0.2) is 27.3 Å². The highest BCUT2D eigenvalue weighted by Crippen LogP contribution is 2.21. The number of benzene rings is 1. The Bertz CT molecular complexity index is 610. The first-order chi connectivity index (χ1) is 8.11. The summed E-state index contributed by atoms with van der Waals surface area (Å²) >= 11 is 0. The number of nitrogens with one attached hydrogen (secondary N) is 1. The van der Waals surface area contributed by atoms with Crippen molar-refractivity contribution in [3.63, 3.8) is 0 Å². The molecule has 3 N–H and O–H groups in total. The minimum atomic E-state index is -1.43. The summed E-state index contributed by atoms with van der Waals surface area (Å²) in [6, 6.07) is 7.13. The average molecular weight is 230 g/mol. The van der Waals surface area contributed by atoms with E-state index in [0.29, 0.717) is 11.1 Å². The van der Waals surface area contributed by atoms with E-state index in [1.165, 1.54) is 0 Å². The molecule has 0 spiro atoms. The number of aromatic amines is 1. The van der Waals surface area contributed by atoms with Gasteiger partial charge >= 0.3 is 5.97 Å². The molecule has 0 aliphatic rings. The Kier molecular flexibility index (Phi) is 2.81. The topological polar surface area (TPSA) is 97.1 Å². The van der Waals surface area contributed by atoms with Crippen molar-refractivity contribution < 1.29 is 15.0 Å². The van der Waals surface area contributed by atoms with Crippen LogP contribution in [0.25, 0.3) is 10.9 Å². The Labute approximate surface area is 96.9 Å². The number of carboxylic acids is 1. The van der Waals surface area contributed by atoms with E-state index >= 15 is 0 Å². The summed E-state index contributed by atoms with van der Waals surface area (Å²) in [7, 11) is 0. The van der Waals surface area contributed by atoms with Crippen molar-refractivity contribution in [2.24, 2.45) is 0 Å². The lowest BCUT2D eigenvalue weighted by Crippen LogP contribution is -2.21. The number of aliphatic carboxylic acids is 1. The van der Waals surface area contributed by atoms with Crippen LogP contribution in [0.3, 0.4) is 0 Å². The summed E-state index contributed by atoms with van der Waals surface area (Å²) in [5.41, 5.74) is 2.01. The van der Waals surface area contributed by atoms with Gasteiger partial charge < -0.3 is 15.2 Å². The van der Waals surface area contributed by atoms with E-state index in [4.69, 9.17) is 10.4 Å². The number of carboxylic acid groups (broad SMARTS) is 1. The minimum Gasteiger partial charge on any atom is -0.479 e. The van der Waals surface area contributed by atoms with E-state index in [1.807, 2.05) is 6.07 Å². The second-order valence-corrected chi connectivity index (χ2v) is 3.74. The summed E-state index contributed by atoms with van der Waals surface area (Å²) < 4.78 is 0. The zero-order valence-corrected chi connectivity index (χ0v) is 8.84. The molecule has 1 atom stereocenters. The molecule has 2 rings (SSSR count). The molecule has 86 valence electrons. The van der Waals surface area contributed by atoms with E-state index in [2.05, 4.69) is 4.98 Å². The van der Waals surface area contributed by atoms with Crippen LogP contribution in [0.2, 0.25) is 0 Å². The third kappa shape index (κ3) is 2.12. The molecule has 0 unspecified atom stereocenters. The minimum absolute atomic E-state index is 0.0181. The number of rotatable bonds is 3. The van der Waals surface area contributed by atoms with Crippen LogP contribution in [0.1, 0.15) is 11.1 Å². The average Bonchev–Trinajstić information content (AvgIpc) is 2.71. The monoisotopic (exact) mass is 230 g/mol. The normalized spacial score (nSPS) is 12.2. The fourth-order valence-corrected chi connectivity index (χ4v) is 1.71. The van der Waals surface area contributed by atoms with Gasteiger partial charge in [0, 0.05) is 23.5 Å². The number of hydrogen-bond acceptors (Lipinski definition) is 3. The highest BCUT2D eigenvalue weighted by molar-refractivity contribution is 5.85. The highest BCUT2D eigenvalue weighted by Gasteiger charge is 2.16. The second-order valence-electron chi connectivity index (χ2n) is 3.74. The van der Waals surface area contributed by atoms with Crippen molar-refractivity contribution >= 4 is 16.9 Å². The molecule has 0 bridgehead atoms. The van der Waals surface area contributed by atoms with Crippen LogP contribution in [0.4, 0.5) is 0 Å². The van der Waals surface area contributed by atoms with Gasteiger partial charge in [0.15, 0.2) is 6.10 Å². The smallest absolute Gasteiger partial charge is 0.332 e. The summed E-state index contributed by atoms with van der Waals surface area (Å²) in [4.78, 5) is 13.5. The first kappa shape index (κ1) is 11.2. The Morgan fingerprint density at radius 1 is 1.53 bits per heavy atom. The van der Waals surface area contributed by atoms with E-state index in [1.54, 1.807) is 24.4 Å². The molecule has 1 aromatic heterocycles. The molecule has 0 radical (unpaired) electrons. The number of aromatic nitrogens is 1. The van der Waals surface area contributed by atoms with Gasteiger partial charge in [-0.25, -0.2) is 4.79 Å². The van der Waals surface area contributed by atoms with Gasteiger partial charge in [0.05, 0.1) is 11.6 Å². The lowest BCUT2D eigenvalue weighted by atomic mass is 10.1. The van der Waals surface area contributed by atoms with Crippen LogP contribution < -0.4 is 0 Å². The number of hydrogen-bond donors (Lipinski definition) is 3. The third-order valence-corrected chi connectivity index (χ3v) is 2.59. The van der Waals surface area contributed by atoms with Crippen molar-refractivity contribution in [1.29, 1.82) is 5.26 Å². The third-order valence-electron chi connectivity index (χ3n) is 2.59. The summed E-state index contributed by atoms with van der Waals surface area (Å²) in [5.74, 6) is -1.25. The molecule has 2 aromatic rings. The molecule has 0 fully saturated rings. The van der Waals surface area contributed by atoms with Crippen LogP contribution in [0.15, 0.2) is 24.4 Å². The number of nitrogens with zero attached hydrogens (tertiary/aromatic N) is 1. The number of H-pyrrole nitrogens is 1. The first-order valence-electron chi connectivity index (χ1n) is 5.03. The van der Waals surface area contributed by atoms with Gasteiger partial charge in [-0.3, -0.25) is 0 Å². The van der Waals surface area contributed by atoms with Gasteiger partial charge in [0.1, 0.15) is 0 Å². The van der Waals surface area contributed by atoms with E-state index in [9.17, 15) is 9.90 Å². The molecule has 1 heterocycles. The zero-order chi connectivity index (χ0) is 12.4. The van der Waals surface area contributed by atoms with E-state index < -0.39 is 12.1 Å². The van der Waals surface area contributed by atoms with E-state index in [-0.39, 0.29) is 6.42 Å². The molecule has 0 aliphatic carbocycles. The first-order valence-corrected chi connectivity index (χ1v) is 5.03. The lowest BCUT2D eigenvalue weighted by molar-refractivity contribution is -0.146. The molecule has 0 aliphatic heterocycles. The van der Waals surface area contributed by atoms with Crippen LogP contribution in [-0.2, 0) is 11.2 Å². The molecular weight excluding hydrogens is 220 g/mol. The standard InChI is InChI=1S/C12H10N2O3/c13-5-7-1-2-10-9(3-7)8(6-14-10)4-11(15)12(16)17/h1-3,6,11,14-15H,4H2,(H,16,17)/t11-/m0/s1. The van der Waals surface area contributed by atoms with Crippen molar-refractivity contribution in [3.05, 3.63) is 35.5 Å². The molecule has 5 heteroatoms. The van der Waals surface area contributed by atoms with Crippen molar-refractivity contribution in [1.82, 2.24) is 4.98 Å². The van der Waals surface area contributed by atoms with Gasteiger partial charge in [-0.1, -0.05) is 0 Å². The Balaban J connectivity index is 2.41. The Morgan fingerprint density at radius 2 is 2.29 bits per heavy atom. The maximum Gasteiger partial charge on any atom is 0.332 e. The molecule has 1 aromatic carbocycles. The summed E-state index contributed by atoms with van der Waals surface area (Å²) in [6.07, 6.45) is 0.238.